The summed E-state index contributed by atoms with van der Waals surface area (Å²) in [6.45, 7) is 0.0914. The quantitative estimate of drug-likeness (QED) is 0.846. The Morgan fingerprint density at radius 1 is 1.19 bits per heavy atom. The minimum atomic E-state index is -3.09. The Morgan fingerprint density at radius 3 is 2.31 bits per heavy atom. The molecule has 0 spiro atoms. The van der Waals surface area contributed by atoms with Crippen molar-refractivity contribution in [3.8, 4) is 0 Å². The van der Waals surface area contributed by atoms with Crippen LogP contribution in [-0.2, 0) is 16.3 Å². The molecule has 0 atom stereocenters. The highest BCUT2D eigenvalue weighted by molar-refractivity contribution is 7.91. The van der Waals surface area contributed by atoms with Crippen molar-refractivity contribution in [1.82, 2.24) is 0 Å². The summed E-state index contributed by atoms with van der Waals surface area (Å²) in [4.78, 5) is 0.404. The zero-order valence-electron chi connectivity index (χ0n) is 9.09. The van der Waals surface area contributed by atoms with Gasteiger partial charge in [0.2, 0.25) is 0 Å². The molecule has 0 aliphatic heterocycles. The van der Waals surface area contributed by atoms with Crippen LogP contribution in [0.5, 0.6) is 0 Å². The summed E-state index contributed by atoms with van der Waals surface area (Å²) >= 11 is 0. The maximum atomic E-state index is 11.9. The third kappa shape index (κ3) is 2.83. The van der Waals surface area contributed by atoms with Crippen LogP contribution in [0, 0.1) is 5.92 Å². The molecule has 0 amide bonds. The molecule has 1 aromatic carbocycles. The number of hydrogen-bond acceptors (Lipinski definition) is 3. The van der Waals surface area contributed by atoms with Gasteiger partial charge in [0.05, 0.1) is 10.6 Å². The molecule has 1 fully saturated rings. The van der Waals surface area contributed by atoms with Crippen LogP contribution >= 0.6 is 0 Å². The van der Waals surface area contributed by atoms with E-state index < -0.39 is 9.84 Å². The summed E-state index contributed by atoms with van der Waals surface area (Å²) in [7, 11) is -3.09. The Morgan fingerprint density at radius 2 is 1.81 bits per heavy atom. The van der Waals surface area contributed by atoms with Crippen LogP contribution in [0.25, 0.3) is 0 Å². The summed E-state index contributed by atoms with van der Waals surface area (Å²) in [6, 6.07) is 6.83. The highest BCUT2D eigenvalue weighted by Crippen LogP contribution is 2.32. The lowest BCUT2D eigenvalue weighted by Gasteiger charge is -2.04. The lowest BCUT2D eigenvalue weighted by Crippen LogP contribution is -2.08. The van der Waals surface area contributed by atoms with E-state index in [1.54, 1.807) is 24.3 Å². The van der Waals surface area contributed by atoms with Crippen LogP contribution in [0.4, 0.5) is 0 Å². The SMILES string of the molecule is O=S(=O)(CC1CC1)c1ccc(CCO)cc1. The number of benzene rings is 1. The number of sulfone groups is 1. The molecule has 3 nitrogen and oxygen atoms in total. The van der Waals surface area contributed by atoms with E-state index in [1.807, 2.05) is 0 Å². The Kier molecular flexibility index (Phi) is 3.30. The van der Waals surface area contributed by atoms with E-state index in [4.69, 9.17) is 5.11 Å². The molecular weight excluding hydrogens is 224 g/mol. The van der Waals surface area contributed by atoms with E-state index in [2.05, 4.69) is 0 Å². The molecule has 0 heterocycles. The molecule has 16 heavy (non-hydrogen) atoms. The molecule has 0 unspecified atom stereocenters. The Bertz CT molecular complexity index is 444. The predicted molar refractivity (Wildman–Crippen MR) is 62.0 cm³/mol. The summed E-state index contributed by atoms with van der Waals surface area (Å²) in [6.07, 6.45) is 2.66. The molecule has 1 saturated carbocycles. The standard InChI is InChI=1S/C12H16O3S/c13-8-7-10-3-5-12(6-4-10)16(14,15)9-11-1-2-11/h3-6,11,13H,1-2,7-9H2. The second kappa shape index (κ2) is 4.55. The first-order valence-corrected chi connectivity index (χ1v) is 7.19. The van der Waals surface area contributed by atoms with Crippen LogP contribution in [0.2, 0.25) is 0 Å². The molecule has 0 aromatic heterocycles. The van der Waals surface area contributed by atoms with Gasteiger partial charge in [0, 0.05) is 6.61 Å². The van der Waals surface area contributed by atoms with E-state index >= 15 is 0 Å². The van der Waals surface area contributed by atoms with Gasteiger partial charge in [-0.25, -0.2) is 8.42 Å². The second-order valence-electron chi connectivity index (χ2n) is 4.34. The molecule has 1 aliphatic carbocycles. The van der Waals surface area contributed by atoms with Gasteiger partial charge in [-0.2, -0.15) is 0 Å². The van der Waals surface area contributed by atoms with Gasteiger partial charge in [-0.3, -0.25) is 0 Å². The van der Waals surface area contributed by atoms with Crippen LogP contribution in [0.15, 0.2) is 29.2 Å². The van der Waals surface area contributed by atoms with Crippen molar-refractivity contribution in [2.45, 2.75) is 24.2 Å². The van der Waals surface area contributed by atoms with Crippen molar-refractivity contribution >= 4 is 9.84 Å². The van der Waals surface area contributed by atoms with Gasteiger partial charge < -0.3 is 5.11 Å². The summed E-state index contributed by atoms with van der Waals surface area (Å²) in [5.41, 5.74) is 0.966. The zero-order valence-corrected chi connectivity index (χ0v) is 9.91. The average Bonchev–Trinajstić information content (AvgIpc) is 3.02. The van der Waals surface area contributed by atoms with Gasteiger partial charge in [-0.1, -0.05) is 12.1 Å². The molecule has 0 bridgehead atoms. The smallest absolute Gasteiger partial charge is 0.178 e. The highest BCUT2D eigenvalue weighted by atomic mass is 32.2. The topological polar surface area (TPSA) is 54.4 Å². The van der Waals surface area contributed by atoms with Gasteiger partial charge >= 0.3 is 0 Å². The number of rotatable bonds is 5. The first-order chi connectivity index (χ1) is 7.62. The first-order valence-electron chi connectivity index (χ1n) is 5.54. The fourth-order valence-electron chi connectivity index (χ4n) is 1.68. The van der Waals surface area contributed by atoms with E-state index in [9.17, 15) is 8.42 Å². The minimum absolute atomic E-state index is 0.0914. The fraction of sp³-hybridized carbons (Fsp3) is 0.500. The largest absolute Gasteiger partial charge is 0.396 e. The average molecular weight is 240 g/mol. The number of hydrogen-bond donors (Lipinski definition) is 1. The zero-order chi connectivity index (χ0) is 11.6. The third-order valence-electron chi connectivity index (χ3n) is 2.83. The molecule has 4 heteroatoms. The van der Waals surface area contributed by atoms with Crippen molar-refractivity contribution in [2.24, 2.45) is 5.92 Å². The van der Waals surface area contributed by atoms with Crippen molar-refractivity contribution in [3.05, 3.63) is 29.8 Å². The molecule has 1 aliphatic rings. The first kappa shape index (κ1) is 11.6. The summed E-state index contributed by atoms with van der Waals surface area (Å²) < 4.78 is 23.8. The van der Waals surface area contributed by atoms with Gasteiger partial charge in [-0.05, 0) is 42.9 Å². The molecule has 0 saturated heterocycles. The summed E-state index contributed by atoms with van der Waals surface area (Å²) in [5, 5.41) is 8.76. The van der Waals surface area contributed by atoms with Gasteiger partial charge in [0.25, 0.3) is 0 Å². The summed E-state index contributed by atoms with van der Waals surface area (Å²) in [5.74, 6) is 0.661. The van der Waals surface area contributed by atoms with Crippen LogP contribution in [0.3, 0.4) is 0 Å². The number of aliphatic hydroxyl groups excluding tert-OH is 1. The van der Waals surface area contributed by atoms with E-state index in [-0.39, 0.29) is 12.4 Å². The van der Waals surface area contributed by atoms with Crippen LogP contribution in [-0.4, -0.2) is 25.9 Å². The van der Waals surface area contributed by atoms with Crippen molar-refractivity contribution in [2.75, 3.05) is 12.4 Å². The van der Waals surface area contributed by atoms with E-state index in [1.165, 1.54) is 0 Å². The van der Waals surface area contributed by atoms with Crippen molar-refractivity contribution < 1.29 is 13.5 Å². The Hall–Kier alpha value is -0.870. The van der Waals surface area contributed by atoms with Gasteiger partial charge in [-0.15, -0.1) is 0 Å². The van der Waals surface area contributed by atoms with Crippen molar-refractivity contribution in [1.29, 1.82) is 0 Å². The molecule has 1 aromatic rings. The normalized spacial score (nSPS) is 16.3. The monoisotopic (exact) mass is 240 g/mol. The van der Waals surface area contributed by atoms with E-state index in [0.717, 1.165) is 18.4 Å². The van der Waals surface area contributed by atoms with Crippen LogP contribution < -0.4 is 0 Å². The molecule has 88 valence electrons. The molecule has 2 rings (SSSR count). The molecular formula is C12H16O3S. The highest BCUT2D eigenvalue weighted by Gasteiger charge is 2.28. The van der Waals surface area contributed by atoms with Crippen molar-refractivity contribution in [3.63, 3.8) is 0 Å². The second-order valence-corrected chi connectivity index (χ2v) is 6.38. The number of aliphatic hydroxyl groups is 1. The van der Waals surface area contributed by atoms with Crippen LogP contribution in [0.1, 0.15) is 18.4 Å². The van der Waals surface area contributed by atoms with Gasteiger partial charge in [0.1, 0.15) is 0 Å². The predicted octanol–water partition coefficient (Wildman–Crippen LogP) is 1.41. The Labute approximate surface area is 96.0 Å². The molecule has 1 N–H and O–H groups in total. The maximum absolute atomic E-state index is 11.9. The van der Waals surface area contributed by atoms with Gasteiger partial charge in [0.15, 0.2) is 9.84 Å². The lowest BCUT2D eigenvalue weighted by molar-refractivity contribution is 0.299. The third-order valence-corrected chi connectivity index (χ3v) is 4.74. The lowest BCUT2D eigenvalue weighted by atomic mass is 10.2. The molecule has 0 radical (unpaired) electrons. The van der Waals surface area contributed by atoms with E-state index in [0.29, 0.717) is 17.2 Å². The fourth-order valence-corrected chi connectivity index (χ4v) is 3.38. The maximum Gasteiger partial charge on any atom is 0.178 e. The Balaban J connectivity index is 2.13. The minimum Gasteiger partial charge on any atom is -0.396 e.